The highest BCUT2D eigenvalue weighted by Crippen LogP contribution is 2.26. The third-order valence-corrected chi connectivity index (χ3v) is 5.63. The number of carbonyl (C=O) groups excluding carboxylic acids is 3. The lowest BCUT2D eigenvalue weighted by molar-refractivity contribution is -0.122. The number of nitrogens with one attached hydrogen (secondary N) is 1. The van der Waals surface area contributed by atoms with Crippen LogP contribution in [0.1, 0.15) is 32.6 Å². The van der Waals surface area contributed by atoms with Crippen molar-refractivity contribution in [2.45, 2.75) is 20.5 Å². The maximum atomic E-state index is 13.1. The van der Waals surface area contributed by atoms with E-state index in [4.69, 9.17) is 4.74 Å². The van der Waals surface area contributed by atoms with E-state index in [1.165, 1.54) is 24.3 Å². The van der Waals surface area contributed by atoms with E-state index in [2.05, 4.69) is 5.32 Å². The summed E-state index contributed by atoms with van der Waals surface area (Å²) in [6, 6.07) is 17.8. The Morgan fingerprint density at radius 1 is 0.971 bits per heavy atom. The summed E-state index contributed by atoms with van der Waals surface area (Å²) in [7, 11) is 0. The third kappa shape index (κ3) is 4.96. The number of anilines is 1. The molecular formula is C27H22N2O6. The first kappa shape index (κ1) is 23.4. The van der Waals surface area contributed by atoms with Gasteiger partial charge in [0.25, 0.3) is 11.8 Å². The first-order valence-electron chi connectivity index (χ1n) is 10.8. The normalized spacial score (nSPS) is 14.7. The van der Waals surface area contributed by atoms with Gasteiger partial charge < -0.3 is 9.84 Å². The molecule has 1 heterocycles. The Labute approximate surface area is 201 Å². The molecule has 0 aliphatic carbocycles. The van der Waals surface area contributed by atoms with Crippen LogP contribution in [0.3, 0.4) is 0 Å². The van der Waals surface area contributed by atoms with Gasteiger partial charge in [0, 0.05) is 0 Å². The van der Waals surface area contributed by atoms with Gasteiger partial charge in [0.15, 0.2) is 0 Å². The van der Waals surface area contributed by atoms with Gasteiger partial charge in [-0.2, -0.15) is 0 Å². The maximum Gasteiger partial charge on any atom is 0.339 e. The maximum absolute atomic E-state index is 13.1. The van der Waals surface area contributed by atoms with Crippen molar-refractivity contribution in [2.24, 2.45) is 0 Å². The molecule has 1 saturated heterocycles. The number of amides is 4. The summed E-state index contributed by atoms with van der Waals surface area (Å²) >= 11 is 0. The Hall–Kier alpha value is -4.72. The number of aromatic carboxylic acids is 1. The lowest BCUT2D eigenvalue weighted by Crippen LogP contribution is -2.54. The Morgan fingerprint density at radius 2 is 1.71 bits per heavy atom. The van der Waals surface area contributed by atoms with Crippen LogP contribution in [-0.4, -0.2) is 28.9 Å². The predicted octanol–water partition coefficient (Wildman–Crippen LogP) is 4.25. The number of hydrogen-bond donors (Lipinski definition) is 2. The second kappa shape index (κ2) is 9.64. The van der Waals surface area contributed by atoms with Gasteiger partial charge in [-0.1, -0.05) is 42.5 Å². The van der Waals surface area contributed by atoms with Crippen molar-refractivity contribution < 1.29 is 29.0 Å². The van der Waals surface area contributed by atoms with Gasteiger partial charge in [-0.3, -0.25) is 14.9 Å². The highest BCUT2D eigenvalue weighted by Gasteiger charge is 2.37. The zero-order chi connectivity index (χ0) is 25.1. The number of carbonyl (C=O) groups is 4. The number of benzene rings is 3. The average molecular weight is 470 g/mol. The van der Waals surface area contributed by atoms with Gasteiger partial charge in [0.05, 0.1) is 5.69 Å². The summed E-state index contributed by atoms with van der Waals surface area (Å²) in [5.41, 5.74) is 2.94. The van der Waals surface area contributed by atoms with Crippen LogP contribution in [-0.2, 0) is 16.2 Å². The summed E-state index contributed by atoms with van der Waals surface area (Å²) in [5.74, 6) is -2.74. The molecule has 3 aromatic carbocycles. The highest BCUT2D eigenvalue weighted by atomic mass is 16.5. The number of rotatable bonds is 6. The minimum Gasteiger partial charge on any atom is -0.488 e. The van der Waals surface area contributed by atoms with Crippen molar-refractivity contribution in [3.8, 4) is 5.75 Å². The van der Waals surface area contributed by atoms with E-state index in [-0.39, 0.29) is 23.5 Å². The number of imide groups is 2. The standard InChI is InChI=1S/C27H22N2O6/c1-16-8-10-20(12-17(16)2)29-25(31)22(24(30)28-27(29)34)14-19-9-11-23(21(13-19)26(32)33)35-15-18-6-4-3-5-7-18/h3-14H,15H2,1-2H3,(H,32,33)(H,28,30,34)/b22-14+. The second-order valence-electron chi connectivity index (χ2n) is 8.06. The minimum atomic E-state index is -1.22. The van der Waals surface area contributed by atoms with E-state index in [0.717, 1.165) is 21.6 Å². The molecule has 0 unspecified atom stereocenters. The van der Waals surface area contributed by atoms with Crippen LogP contribution in [0.15, 0.2) is 72.3 Å². The molecule has 0 saturated carbocycles. The van der Waals surface area contributed by atoms with Crippen molar-refractivity contribution in [3.63, 3.8) is 0 Å². The van der Waals surface area contributed by atoms with E-state index in [1.54, 1.807) is 18.2 Å². The molecule has 0 radical (unpaired) electrons. The molecule has 8 nitrogen and oxygen atoms in total. The summed E-state index contributed by atoms with van der Waals surface area (Å²) in [6.45, 7) is 3.93. The molecule has 3 aromatic rings. The third-order valence-electron chi connectivity index (χ3n) is 5.63. The molecule has 4 amide bonds. The Kier molecular flexibility index (Phi) is 6.46. The van der Waals surface area contributed by atoms with Gasteiger partial charge in [0.1, 0.15) is 23.5 Å². The van der Waals surface area contributed by atoms with Crippen molar-refractivity contribution in [1.82, 2.24) is 5.32 Å². The smallest absolute Gasteiger partial charge is 0.339 e. The van der Waals surface area contributed by atoms with Gasteiger partial charge in [-0.15, -0.1) is 0 Å². The van der Waals surface area contributed by atoms with Crippen LogP contribution in [0.5, 0.6) is 5.75 Å². The molecule has 1 aliphatic rings. The first-order chi connectivity index (χ1) is 16.7. The summed E-state index contributed by atoms with van der Waals surface area (Å²) < 4.78 is 5.68. The molecule has 0 bridgehead atoms. The average Bonchev–Trinajstić information content (AvgIpc) is 2.83. The summed E-state index contributed by atoms with van der Waals surface area (Å²) in [6.07, 6.45) is 1.26. The molecule has 176 valence electrons. The first-order valence-corrected chi connectivity index (χ1v) is 10.8. The monoisotopic (exact) mass is 470 g/mol. The fourth-order valence-corrected chi connectivity index (χ4v) is 3.59. The molecule has 2 N–H and O–H groups in total. The molecule has 8 heteroatoms. The molecule has 0 spiro atoms. The zero-order valence-corrected chi connectivity index (χ0v) is 19.1. The van der Waals surface area contributed by atoms with E-state index < -0.39 is 23.8 Å². The largest absolute Gasteiger partial charge is 0.488 e. The van der Waals surface area contributed by atoms with Crippen LogP contribution < -0.4 is 15.0 Å². The Bertz CT molecular complexity index is 1380. The molecule has 1 fully saturated rings. The number of urea groups is 1. The van der Waals surface area contributed by atoms with Crippen molar-refractivity contribution >= 4 is 35.6 Å². The van der Waals surface area contributed by atoms with Gasteiger partial charge >= 0.3 is 12.0 Å². The SMILES string of the molecule is Cc1ccc(N2C(=O)NC(=O)/C(=C\c3ccc(OCc4ccccc4)c(C(=O)O)c3)C2=O)cc1C. The van der Waals surface area contributed by atoms with E-state index in [9.17, 15) is 24.3 Å². The highest BCUT2D eigenvalue weighted by molar-refractivity contribution is 6.39. The van der Waals surface area contributed by atoms with Crippen LogP contribution >= 0.6 is 0 Å². The van der Waals surface area contributed by atoms with Crippen LogP contribution in [0, 0.1) is 13.8 Å². The summed E-state index contributed by atoms with van der Waals surface area (Å²) in [5, 5.41) is 11.8. The number of nitrogens with zero attached hydrogens (tertiary/aromatic N) is 1. The number of ether oxygens (including phenoxy) is 1. The van der Waals surface area contributed by atoms with E-state index in [1.807, 2.05) is 44.2 Å². The number of carboxylic acids is 1. The number of hydrogen-bond acceptors (Lipinski definition) is 5. The molecule has 4 rings (SSSR count). The number of aryl methyl sites for hydroxylation is 2. The number of barbiturate groups is 1. The molecule has 1 aliphatic heterocycles. The molecule has 35 heavy (non-hydrogen) atoms. The quantitative estimate of drug-likeness (QED) is 0.411. The van der Waals surface area contributed by atoms with Crippen molar-refractivity contribution in [3.05, 3.63) is 100 Å². The predicted molar refractivity (Wildman–Crippen MR) is 129 cm³/mol. The number of carboxylic acid groups (broad SMARTS) is 1. The van der Waals surface area contributed by atoms with Crippen LogP contribution in [0.25, 0.3) is 6.08 Å². The van der Waals surface area contributed by atoms with Gasteiger partial charge in [0.2, 0.25) is 0 Å². The van der Waals surface area contributed by atoms with Crippen molar-refractivity contribution in [1.29, 1.82) is 0 Å². The molecule has 0 aromatic heterocycles. The van der Waals surface area contributed by atoms with Gasteiger partial charge in [-0.25, -0.2) is 14.5 Å². The van der Waals surface area contributed by atoms with E-state index >= 15 is 0 Å². The Balaban J connectivity index is 1.65. The lowest BCUT2D eigenvalue weighted by atomic mass is 10.0. The minimum absolute atomic E-state index is 0.124. The summed E-state index contributed by atoms with van der Waals surface area (Å²) in [4.78, 5) is 50.8. The van der Waals surface area contributed by atoms with Crippen molar-refractivity contribution in [2.75, 3.05) is 4.90 Å². The van der Waals surface area contributed by atoms with Crippen LogP contribution in [0.2, 0.25) is 0 Å². The van der Waals surface area contributed by atoms with E-state index in [0.29, 0.717) is 11.3 Å². The molecule has 0 atom stereocenters. The van der Waals surface area contributed by atoms with Gasteiger partial charge in [-0.05, 0) is 66.4 Å². The lowest BCUT2D eigenvalue weighted by Gasteiger charge is -2.26. The molecular weight excluding hydrogens is 448 g/mol. The zero-order valence-electron chi connectivity index (χ0n) is 19.1. The fourth-order valence-electron chi connectivity index (χ4n) is 3.59. The van der Waals surface area contributed by atoms with Crippen LogP contribution in [0.4, 0.5) is 10.5 Å². The topological polar surface area (TPSA) is 113 Å². The fraction of sp³-hybridized carbons (Fsp3) is 0.111. The second-order valence-corrected chi connectivity index (χ2v) is 8.06. The Morgan fingerprint density at radius 3 is 2.40 bits per heavy atom.